The lowest BCUT2D eigenvalue weighted by molar-refractivity contribution is -0.138. The normalized spacial score (nSPS) is 11.3. The Hall–Kier alpha value is -1.99. The molecule has 0 aliphatic carbocycles. The molecule has 2 N–H and O–H groups in total. The molecule has 0 aliphatic rings. The summed E-state index contributed by atoms with van der Waals surface area (Å²) in [6, 6.07) is 0. The van der Waals surface area contributed by atoms with Gasteiger partial charge < -0.3 is 43.7 Å². The van der Waals surface area contributed by atoms with E-state index in [2.05, 4.69) is 5.32 Å². The van der Waals surface area contributed by atoms with E-state index in [1.165, 1.54) is 4.90 Å². The third kappa shape index (κ3) is 24.9. The Morgan fingerprint density at radius 2 is 1.20 bits per heavy atom. The van der Waals surface area contributed by atoms with E-state index in [4.69, 9.17) is 33.5 Å². The summed E-state index contributed by atoms with van der Waals surface area (Å²) >= 11 is 0. The third-order valence-corrected chi connectivity index (χ3v) is 4.12. The molecular formula is C23H44N2O10. The fourth-order valence-corrected chi connectivity index (χ4v) is 2.33. The van der Waals surface area contributed by atoms with Gasteiger partial charge in [0.2, 0.25) is 5.91 Å². The number of aliphatic carboxylic acids is 1. The molecule has 0 rings (SSSR count). The van der Waals surface area contributed by atoms with Crippen molar-refractivity contribution in [2.45, 2.75) is 45.6 Å². The van der Waals surface area contributed by atoms with Crippen molar-refractivity contribution >= 4 is 18.0 Å². The van der Waals surface area contributed by atoms with Crippen molar-refractivity contribution in [3.05, 3.63) is 0 Å². The fraction of sp³-hybridized carbons (Fsp3) is 0.870. The first-order valence-corrected chi connectivity index (χ1v) is 11.9. The molecule has 206 valence electrons. The molecule has 0 unspecified atom stereocenters. The van der Waals surface area contributed by atoms with Crippen LogP contribution in [-0.2, 0) is 38.0 Å². The zero-order chi connectivity index (χ0) is 26.4. The van der Waals surface area contributed by atoms with Crippen LogP contribution in [0, 0.1) is 0 Å². The van der Waals surface area contributed by atoms with E-state index in [0.29, 0.717) is 85.6 Å². The van der Waals surface area contributed by atoms with Crippen LogP contribution in [0.3, 0.4) is 0 Å². The molecule has 2 amide bonds. The zero-order valence-electron chi connectivity index (χ0n) is 21.7. The highest BCUT2D eigenvalue weighted by Gasteiger charge is 2.19. The largest absolute Gasteiger partial charge is 0.481 e. The number of likely N-dealkylation sites (N-methyl/N-ethyl adjacent to an activating group) is 1. The van der Waals surface area contributed by atoms with Crippen LogP contribution in [0.1, 0.15) is 40.0 Å². The van der Waals surface area contributed by atoms with Crippen molar-refractivity contribution in [3.8, 4) is 0 Å². The van der Waals surface area contributed by atoms with Gasteiger partial charge >= 0.3 is 12.1 Å². The number of nitrogens with zero attached hydrogens (tertiary/aromatic N) is 1. The topological polar surface area (TPSA) is 142 Å². The van der Waals surface area contributed by atoms with Crippen molar-refractivity contribution in [2.24, 2.45) is 0 Å². The average Bonchev–Trinajstić information content (AvgIpc) is 2.77. The molecule has 0 aromatic rings. The summed E-state index contributed by atoms with van der Waals surface area (Å²) in [7, 11) is 1.67. The highest BCUT2D eigenvalue weighted by Crippen LogP contribution is 2.08. The van der Waals surface area contributed by atoms with Crippen LogP contribution in [0.15, 0.2) is 0 Å². The number of rotatable bonds is 22. The lowest BCUT2D eigenvalue weighted by Crippen LogP contribution is -2.36. The van der Waals surface area contributed by atoms with Gasteiger partial charge in [-0.2, -0.15) is 0 Å². The first-order valence-electron chi connectivity index (χ1n) is 11.9. The molecule has 0 aromatic heterocycles. The first-order chi connectivity index (χ1) is 16.6. The summed E-state index contributed by atoms with van der Waals surface area (Å²) in [4.78, 5) is 34.9. The molecule has 0 fully saturated rings. The Morgan fingerprint density at radius 1 is 0.743 bits per heavy atom. The van der Waals surface area contributed by atoms with Crippen molar-refractivity contribution in [2.75, 3.05) is 86.2 Å². The standard InChI is InChI=1S/C23H44N2O10/c1-23(2,3)35-22(29)25(4)9-11-31-13-15-33-17-19-34-18-16-32-14-12-30-10-5-8-24-20(26)6-7-21(27)28/h5-19H2,1-4H3,(H,24,26)(H,27,28). The van der Waals surface area contributed by atoms with Crippen LogP contribution >= 0.6 is 0 Å². The Kier molecular flexibility index (Phi) is 20.1. The lowest BCUT2D eigenvalue weighted by atomic mass is 10.2. The third-order valence-electron chi connectivity index (χ3n) is 4.12. The first kappa shape index (κ1) is 33.0. The van der Waals surface area contributed by atoms with Gasteiger partial charge in [0, 0.05) is 33.2 Å². The molecule has 0 bridgehead atoms. The zero-order valence-corrected chi connectivity index (χ0v) is 21.7. The van der Waals surface area contributed by atoms with Crippen molar-refractivity contribution in [3.63, 3.8) is 0 Å². The van der Waals surface area contributed by atoms with E-state index in [-0.39, 0.29) is 24.8 Å². The molecule has 0 saturated carbocycles. The minimum absolute atomic E-state index is 0.0105. The van der Waals surface area contributed by atoms with Gasteiger partial charge in [0.15, 0.2) is 0 Å². The van der Waals surface area contributed by atoms with E-state index < -0.39 is 11.6 Å². The van der Waals surface area contributed by atoms with Crippen LogP contribution in [0.2, 0.25) is 0 Å². The second-order valence-electron chi connectivity index (χ2n) is 8.56. The van der Waals surface area contributed by atoms with E-state index in [1.54, 1.807) is 7.05 Å². The molecule has 12 heteroatoms. The highest BCUT2D eigenvalue weighted by atomic mass is 16.6. The van der Waals surface area contributed by atoms with E-state index in [1.807, 2.05) is 20.8 Å². The quantitative estimate of drug-likeness (QED) is 0.206. The van der Waals surface area contributed by atoms with Crippen molar-refractivity contribution in [1.82, 2.24) is 10.2 Å². The van der Waals surface area contributed by atoms with Crippen molar-refractivity contribution < 1.29 is 47.9 Å². The summed E-state index contributed by atoms with van der Waals surface area (Å²) in [6.45, 7) is 10.9. The van der Waals surface area contributed by atoms with Gasteiger partial charge in [0.25, 0.3) is 0 Å². The summed E-state index contributed by atoms with van der Waals surface area (Å²) in [5, 5.41) is 11.1. The summed E-state index contributed by atoms with van der Waals surface area (Å²) in [6.07, 6.45) is 0.101. The molecule has 0 saturated heterocycles. The minimum atomic E-state index is -0.984. The number of hydrogen-bond acceptors (Lipinski definition) is 9. The maximum atomic E-state index is 11.8. The predicted molar refractivity (Wildman–Crippen MR) is 127 cm³/mol. The molecule has 0 aliphatic heterocycles. The predicted octanol–water partition coefficient (Wildman–Crippen LogP) is 1.31. The molecule has 35 heavy (non-hydrogen) atoms. The average molecular weight is 509 g/mol. The summed E-state index contributed by atoms with van der Waals surface area (Å²) in [5.41, 5.74) is -0.515. The van der Waals surface area contributed by atoms with Crippen LogP contribution in [-0.4, -0.2) is 120 Å². The molecule has 0 radical (unpaired) electrons. The Bertz CT molecular complexity index is 569. The highest BCUT2D eigenvalue weighted by molar-refractivity contribution is 5.80. The Balaban J connectivity index is 3.27. The molecule has 0 aromatic carbocycles. The summed E-state index contributed by atoms with van der Waals surface area (Å²) in [5.74, 6) is -1.25. The molecule has 0 atom stereocenters. The maximum absolute atomic E-state index is 11.8. The van der Waals surface area contributed by atoms with Gasteiger partial charge in [-0.05, 0) is 27.2 Å². The number of nitrogens with one attached hydrogen (secondary N) is 1. The number of ether oxygens (including phenoxy) is 6. The number of carbonyl (C=O) groups excluding carboxylic acids is 2. The van der Waals surface area contributed by atoms with Crippen molar-refractivity contribution in [1.29, 1.82) is 0 Å². The molecule has 12 nitrogen and oxygen atoms in total. The Morgan fingerprint density at radius 3 is 1.66 bits per heavy atom. The van der Waals surface area contributed by atoms with Gasteiger partial charge in [-0.15, -0.1) is 0 Å². The number of carboxylic acid groups (broad SMARTS) is 1. The van der Waals surface area contributed by atoms with Gasteiger partial charge in [-0.25, -0.2) is 4.79 Å². The lowest BCUT2D eigenvalue weighted by Gasteiger charge is -2.24. The minimum Gasteiger partial charge on any atom is -0.481 e. The van der Waals surface area contributed by atoms with Crippen LogP contribution in [0.25, 0.3) is 0 Å². The van der Waals surface area contributed by atoms with Gasteiger partial charge in [-0.3, -0.25) is 9.59 Å². The van der Waals surface area contributed by atoms with Gasteiger partial charge in [0.1, 0.15) is 5.60 Å². The van der Waals surface area contributed by atoms with Crippen LogP contribution in [0.4, 0.5) is 4.79 Å². The number of amides is 2. The van der Waals surface area contributed by atoms with Gasteiger partial charge in [-0.1, -0.05) is 0 Å². The molecule has 0 heterocycles. The summed E-state index contributed by atoms with van der Waals surface area (Å²) < 4.78 is 32.3. The van der Waals surface area contributed by atoms with E-state index in [9.17, 15) is 14.4 Å². The van der Waals surface area contributed by atoms with E-state index in [0.717, 1.165) is 0 Å². The number of carboxylic acids is 1. The Labute approximate surface area is 208 Å². The smallest absolute Gasteiger partial charge is 0.410 e. The monoisotopic (exact) mass is 508 g/mol. The fourth-order valence-electron chi connectivity index (χ4n) is 2.33. The second kappa shape index (κ2) is 21.3. The van der Waals surface area contributed by atoms with Gasteiger partial charge in [0.05, 0.1) is 65.9 Å². The molecule has 0 spiro atoms. The van der Waals surface area contributed by atoms with Crippen LogP contribution in [0.5, 0.6) is 0 Å². The number of hydrogen-bond donors (Lipinski definition) is 2. The second-order valence-corrected chi connectivity index (χ2v) is 8.56. The van der Waals surface area contributed by atoms with E-state index >= 15 is 0 Å². The molecular weight excluding hydrogens is 464 g/mol. The van der Waals surface area contributed by atoms with Crippen LogP contribution < -0.4 is 5.32 Å². The maximum Gasteiger partial charge on any atom is 0.410 e. The SMILES string of the molecule is CN(CCOCCOCCOCCOCCOCCCNC(=O)CCC(=O)O)C(=O)OC(C)(C)C. The number of carbonyl (C=O) groups is 3.